The molecule has 1 aromatic carbocycles. The lowest BCUT2D eigenvalue weighted by Crippen LogP contribution is -1.89. The molecular formula is C11H5Br3Cl2S. The van der Waals surface area contributed by atoms with Gasteiger partial charge in [-0.1, -0.05) is 39.1 Å². The van der Waals surface area contributed by atoms with Gasteiger partial charge in [-0.05, 0) is 61.7 Å². The SMILES string of the molecule is Clc1cc(Cl)cc(C(Br)c2cc(Br)c(Br)s2)c1. The Hall–Kier alpha value is 0.940. The summed E-state index contributed by atoms with van der Waals surface area (Å²) in [5, 5.41) is 1.29. The molecule has 6 heteroatoms. The van der Waals surface area contributed by atoms with Gasteiger partial charge in [0.25, 0.3) is 0 Å². The number of benzene rings is 1. The maximum absolute atomic E-state index is 6.00. The summed E-state index contributed by atoms with van der Waals surface area (Å²) in [5.74, 6) is 0. The van der Waals surface area contributed by atoms with E-state index in [1.165, 1.54) is 4.88 Å². The van der Waals surface area contributed by atoms with E-state index in [1.54, 1.807) is 17.4 Å². The highest BCUT2D eigenvalue weighted by molar-refractivity contribution is 9.13. The average Bonchev–Trinajstić information content (AvgIpc) is 2.57. The zero-order valence-corrected chi connectivity index (χ0v) is 15.3. The van der Waals surface area contributed by atoms with E-state index in [9.17, 15) is 0 Å². The number of rotatable bonds is 2. The highest BCUT2D eigenvalue weighted by Crippen LogP contribution is 2.42. The monoisotopic (exact) mass is 476 g/mol. The maximum atomic E-state index is 6.00. The molecule has 2 rings (SSSR count). The second-order valence-corrected chi connectivity index (χ2v) is 8.38. The molecule has 0 nitrogen and oxygen atoms in total. The predicted molar refractivity (Wildman–Crippen MR) is 87.0 cm³/mol. The van der Waals surface area contributed by atoms with Gasteiger partial charge in [-0.3, -0.25) is 0 Å². The van der Waals surface area contributed by atoms with Crippen LogP contribution < -0.4 is 0 Å². The summed E-state index contributed by atoms with van der Waals surface area (Å²) >= 11 is 24.3. The lowest BCUT2D eigenvalue weighted by Gasteiger charge is -2.09. The Balaban J connectivity index is 2.39. The molecule has 0 aliphatic carbocycles. The smallest absolute Gasteiger partial charge is 0.0843 e. The molecule has 0 aliphatic heterocycles. The quantitative estimate of drug-likeness (QED) is 0.404. The van der Waals surface area contributed by atoms with Crippen molar-refractivity contribution in [2.45, 2.75) is 4.83 Å². The van der Waals surface area contributed by atoms with Crippen molar-refractivity contribution in [1.82, 2.24) is 0 Å². The summed E-state index contributed by atoms with van der Waals surface area (Å²) in [6, 6.07) is 7.62. The molecule has 0 saturated carbocycles. The van der Waals surface area contributed by atoms with Crippen LogP contribution in [0.2, 0.25) is 10.0 Å². The Kier molecular flexibility index (Phi) is 5.01. The largest absolute Gasteiger partial charge is 0.131 e. The minimum absolute atomic E-state index is 0.0892. The average molecular weight is 480 g/mol. The van der Waals surface area contributed by atoms with E-state index in [4.69, 9.17) is 23.2 Å². The normalized spacial score (nSPS) is 12.8. The minimum Gasteiger partial charge on any atom is -0.131 e. The summed E-state index contributed by atoms with van der Waals surface area (Å²) in [7, 11) is 0. The molecule has 0 amide bonds. The Morgan fingerprint density at radius 1 is 1.00 bits per heavy atom. The standard InChI is InChI=1S/C11H5Br3Cl2S/c12-8-4-9(17-11(8)14)10(13)5-1-6(15)3-7(16)2-5/h1-4,10H. The molecular weight excluding hydrogens is 475 g/mol. The summed E-state index contributed by atoms with van der Waals surface area (Å²) in [5.41, 5.74) is 1.05. The summed E-state index contributed by atoms with van der Waals surface area (Å²) in [4.78, 5) is 1.27. The second-order valence-electron chi connectivity index (χ2n) is 3.34. The van der Waals surface area contributed by atoms with E-state index in [1.807, 2.05) is 12.1 Å². The third kappa shape index (κ3) is 3.48. The molecule has 0 N–H and O–H groups in total. The highest BCUT2D eigenvalue weighted by atomic mass is 79.9. The van der Waals surface area contributed by atoms with Crippen molar-refractivity contribution in [3.05, 3.63) is 53.0 Å². The van der Waals surface area contributed by atoms with E-state index >= 15 is 0 Å². The van der Waals surface area contributed by atoms with E-state index in [2.05, 4.69) is 53.9 Å². The lowest BCUT2D eigenvalue weighted by atomic mass is 10.1. The zero-order valence-electron chi connectivity index (χ0n) is 8.18. The molecule has 0 bridgehead atoms. The fraction of sp³-hybridized carbons (Fsp3) is 0.0909. The van der Waals surface area contributed by atoms with Crippen LogP contribution in [0.3, 0.4) is 0 Å². The van der Waals surface area contributed by atoms with Crippen molar-refractivity contribution in [3.63, 3.8) is 0 Å². The summed E-state index contributed by atoms with van der Waals surface area (Å²) in [6.45, 7) is 0. The Morgan fingerprint density at radius 3 is 2.06 bits per heavy atom. The van der Waals surface area contributed by atoms with E-state index in [-0.39, 0.29) is 4.83 Å². The van der Waals surface area contributed by atoms with Crippen LogP contribution in [0.25, 0.3) is 0 Å². The van der Waals surface area contributed by atoms with Crippen LogP contribution in [0, 0.1) is 0 Å². The first-order valence-electron chi connectivity index (χ1n) is 4.52. The summed E-state index contributed by atoms with van der Waals surface area (Å²) < 4.78 is 2.13. The van der Waals surface area contributed by atoms with Crippen molar-refractivity contribution in [2.24, 2.45) is 0 Å². The van der Waals surface area contributed by atoms with Crippen molar-refractivity contribution < 1.29 is 0 Å². The molecule has 0 radical (unpaired) electrons. The maximum Gasteiger partial charge on any atom is 0.0843 e. The molecule has 1 unspecified atom stereocenters. The molecule has 17 heavy (non-hydrogen) atoms. The highest BCUT2D eigenvalue weighted by Gasteiger charge is 2.16. The second kappa shape index (κ2) is 5.93. The van der Waals surface area contributed by atoms with Crippen LogP contribution in [0.1, 0.15) is 15.3 Å². The molecule has 90 valence electrons. The number of thiophene rings is 1. The molecule has 0 saturated heterocycles. The predicted octanol–water partition coefficient (Wildman–Crippen LogP) is 7.06. The van der Waals surface area contributed by atoms with Crippen LogP contribution in [0.5, 0.6) is 0 Å². The number of hydrogen-bond acceptors (Lipinski definition) is 1. The van der Waals surface area contributed by atoms with Gasteiger partial charge in [-0.2, -0.15) is 0 Å². The number of halogens is 5. The molecule has 0 fully saturated rings. The molecule has 0 aliphatic rings. The minimum atomic E-state index is 0.0892. The van der Waals surface area contributed by atoms with Gasteiger partial charge in [0.15, 0.2) is 0 Å². The van der Waals surface area contributed by atoms with E-state index in [0.29, 0.717) is 10.0 Å². The van der Waals surface area contributed by atoms with Gasteiger partial charge in [-0.15, -0.1) is 11.3 Å². The molecule has 2 aromatic rings. The molecule has 1 aromatic heterocycles. The molecule has 1 heterocycles. The third-order valence-electron chi connectivity index (χ3n) is 2.09. The van der Waals surface area contributed by atoms with Crippen LogP contribution in [-0.2, 0) is 0 Å². The Bertz CT molecular complexity index is 514. The van der Waals surface area contributed by atoms with Gasteiger partial charge < -0.3 is 0 Å². The van der Waals surface area contributed by atoms with Gasteiger partial charge in [-0.25, -0.2) is 0 Å². The van der Waals surface area contributed by atoms with Gasteiger partial charge in [0.05, 0.1) is 8.61 Å². The van der Waals surface area contributed by atoms with E-state index < -0.39 is 0 Å². The molecule has 0 spiro atoms. The topological polar surface area (TPSA) is 0 Å². The number of hydrogen-bond donors (Lipinski definition) is 0. The Morgan fingerprint density at radius 2 is 1.59 bits per heavy atom. The number of alkyl halides is 1. The first-order chi connectivity index (χ1) is 7.97. The third-order valence-corrected chi connectivity index (χ3v) is 7.17. The van der Waals surface area contributed by atoms with E-state index in [0.717, 1.165) is 13.8 Å². The first-order valence-corrected chi connectivity index (χ1v) is 8.59. The van der Waals surface area contributed by atoms with Gasteiger partial charge in [0.2, 0.25) is 0 Å². The fourth-order valence-electron chi connectivity index (χ4n) is 1.37. The molecule has 1 atom stereocenters. The summed E-state index contributed by atoms with van der Waals surface area (Å²) in [6.07, 6.45) is 0. The lowest BCUT2D eigenvalue weighted by molar-refractivity contribution is 1.22. The van der Waals surface area contributed by atoms with Gasteiger partial charge in [0.1, 0.15) is 0 Å². The van der Waals surface area contributed by atoms with Crippen molar-refractivity contribution in [1.29, 1.82) is 0 Å². The van der Waals surface area contributed by atoms with Crippen molar-refractivity contribution in [2.75, 3.05) is 0 Å². The van der Waals surface area contributed by atoms with Crippen LogP contribution in [-0.4, -0.2) is 0 Å². The van der Waals surface area contributed by atoms with Gasteiger partial charge >= 0.3 is 0 Å². The zero-order chi connectivity index (χ0) is 12.6. The van der Waals surface area contributed by atoms with Crippen LogP contribution in [0.4, 0.5) is 0 Å². The van der Waals surface area contributed by atoms with Gasteiger partial charge in [0, 0.05) is 19.4 Å². The van der Waals surface area contributed by atoms with Crippen molar-refractivity contribution in [3.8, 4) is 0 Å². The van der Waals surface area contributed by atoms with Crippen LogP contribution in [0.15, 0.2) is 32.5 Å². The first kappa shape index (κ1) is 14.4. The van der Waals surface area contributed by atoms with Crippen molar-refractivity contribution >= 4 is 82.3 Å². The fourth-order valence-corrected chi connectivity index (χ4v) is 4.69. The van der Waals surface area contributed by atoms with Crippen LogP contribution >= 0.6 is 82.3 Å². The Labute approximate surface area is 139 Å².